The van der Waals surface area contributed by atoms with E-state index in [-0.39, 0.29) is 5.91 Å². The van der Waals surface area contributed by atoms with E-state index in [1.165, 1.54) is 5.56 Å². The zero-order valence-corrected chi connectivity index (χ0v) is 14.0. The van der Waals surface area contributed by atoms with E-state index in [0.717, 1.165) is 25.1 Å². The molecule has 2 atom stereocenters. The lowest BCUT2D eigenvalue weighted by atomic mass is 9.92. The van der Waals surface area contributed by atoms with Gasteiger partial charge < -0.3 is 11.1 Å². The van der Waals surface area contributed by atoms with Crippen LogP contribution in [0.3, 0.4) is 0 Å². The number of carbonyl (C=O) groups excluding carboxylic acids is 1. The molecule has 0 aliphatic carbocycles. The molecule has 122 valence electrons. The van der Waals surface area contributed by atoms with E-state index in [4.69, 9.17) is 5.73 Å². The summed E-state index contributed by atoms with van der Waals surface area (Å²) < 4.78 is 0. The van der Waals surface area contributed by atoms with Crippen LogP contribution < -0.4 is 11.1 Å². The van der Waals surface area contributed by atoms with E-state index in [1.807, 2.05) is 12.1 Å². The Morgan fingerprint density at radius 3 is 2.91 bits per heavy atom. The quantitative estimate of drug-likeness (QED) is 0.879. The predicted octanol–water partition coefficient (Wildman–Crippen LogP) is 2.81. The Labute approximate surface area is 134 Å². The van der Waals surface area contributed by atoms with Crippen LogP contribution in [-0.2, 0) is 4.79 Å². The molecule has 2 unspecified atom stereocenters. The van der Waals surface area contributed by atoms with Crippen LogP contribution in [0, 0.1) is 5.92 Å². The highest BCUT2D eigenvalue weighted by Crippen LogP contribution is 2.22. The molecule has 4 heteroatoms. The Bertz CT molecular complexity index is 501. The van der Waals surface area contributed by atoms with Gasteiger partial charge in [-0.05, 0) is 48.9 Å². The van der Waals surface area contributed by atoms with Crippen molar-refractivity contribution in [2.45, 2.75) is 45.6 Å². The fourth-order valence-electron chi connectivity index (χ4n) is 3.11. The lowest BCUT2D eigenvalue weighted by molar-refractivity contribution is -0.118. The number of hydrogen-bond acceptors (Lipinski definition) is 3. The highest BCUT2D eigenvalue weighted by atomic mass is 16.2. The molecule has 0 bridgehead atoms. The zero-order chi connectivity index (χ0) is 16.1. The van der Waals surface area contributed by atoms with Crippen molar-refractivity contribution in [1.82, 2.24) is 4.90 Å². The summed E-state index contributed by atoms with van der Waals surface area (Å²) in [7, 11) is 0. The van der Waals surface area contributed by atoms with E-state index >= 15 is 0 Å². The lowest BCUT2D eigenvalue weighted by Gasteiger charge is -2.37. The summed E-state index contributed by atoms with van der Waals surface area (Å²) in [6.07, 6.45) is 2.24. The first-order valence-electron chi connectivity index (χ1n) is 8.33. The molecule has 4 nitrogen and oxygen atoms in total. The Balaban J connectivity index is 1.93. The molecule has 1 heterocycles. The minimum Gasteiger partial charge on any atom is -0.329 e. The van der Waals surface area contributed by atoms with Crippen LogP contribution in [0.25, 0.3) is 0 Å². The molecule has 0 spiro atoms. The molecular weight excluding hydrogens is 274 g/mol. The average molecular weight is 303 g/mol. The number of nitrogens with two attached hydrogens (primary N) is 1. The van der Waals surface area contributed by atoms with E-state index in [2.05, 4.69) is 43.1 Å². The summed E-state index contributed by atoms with van der Waals surface area (Å²) in [6.45, 7) is 8.59. The molecule has 22 heavy (non-hydrogen) atoms. The van der Waals surface area contributed by atoms with Crippen LogP contribution in [0.1, 0.15) is 45.1 Å². The van der Waals surface area contributed by atoms with Gasteiger partial charge in [0, 0.05) is 18.3 Å². The molecule has 1 aromatic rings. The first kappa shape index (κ1) is 17.0. The summed E-state index contributed by atoms with van der Waals surface area (Å²) in [6, 6.07) is 8.42. The van der Waals surface area contributed by atoms with Crippen LogP contribution >= 0.6 is 0 Å². The summed E-state index contributed by atoms with van der Waals surface area (Å²) in [5.74, 6) is 1.21. The standard InChI is InChI=1S/C18H29N3O/c1-13(2)15-5-4-6-16(10-15)20-18(22)12-21-8-7-14(3)9-17(21)11-19/h4-6,10,13-14,17H,7-9,11-12,19H2,1-3H3,(H,20,22). The van der Waals surface area contributed by atoms with Crippen molar-refractivity contribution in [1.29, 1.82) is 0 Å². The van der Waals surface area contributed by atoms with Crippen molar-refractivity contribution in [2.75, 3.05) is 25.0 Å². The van der Waals surface area contributed by atoms with Crippen LogP contribution in [0.4, 0.5) is 5.69 Å². The van der Waals surface area contributed by atoms with E-state index in [1.54, 1.807) is 0 Å². The number of rotatable bonds is 5. The second-order valence-electron chi connectivity index (χ2n) is 6.82. The third-order valence-electron chi connectivity index (χ3n) is 4.56. The Morgan fingerprint density at radius 2 is 2.23 bits per heavy atom. The fourth-order valence-corrected chi connectivity index (χ4v) is 3.11. The Kier molecular flexibility index (Phi) is 5.98. The summed E-state index contributed by atoms with van der Waals surface area (Å²) in [5.41, 5.74) is 7.98. The van der Waals surface area contributed by atoms with Gasteiger partial charge >= 0.3 is 0 Å². The summed E-state index contributed by atoms with van der Waals surface area (Å²) >= 11 is 0. The number of piperidine rings is 1. The average Bonchev–Trinajstić information content (AvgIpc) is 2.49. The monoisotopic (exact) mass is 303 g/mol. The molecule has 0 aromatic heterocycles. The van der Waals surface area contributed by atoms with Crippen molar-refractivity contribution >= 4 is 11.6 Å². The van der Waals surface area contributed by atoms with Gasteiger partial charge in [0.2, 0.25) is 5.91 Å². The first-order valence-corrected chi connectivity index (χ1v) is 8.33. The molecule has 2 rings (SSSR count). The number of carbonyl (C=O) groups is 1. The van der Waals surface area contributed by atoms with Gasteiger partial charge in [-0.3, -0.25) is 9.69 Å². The summed E-state index contributed by atoms with van der Waals surface area (Å²) in [4.78, 5) is 14.5. The second-order valence-corrected chi connectivity index (χ2v) is 6.82. The highest BCUT2D eigenvalue weighted by molar-refractivity contribution is 5.92. The van der Waals surface area contributed by atoms with Gasteiger partial charge in [0.15, 0.2) is 0 Å². The van der Waals surface area contributed by atoms with Crippen LogP contribution in [0.2, 0.25) is 0 Å². The topological polar surface area (TPSA) is 58.4 Å². The highest BCUT2D eigenvalue weighted by Gasteiger charge is 2.26. The second kappa shape index (κ2) is 7.75. The molecular formula is C18H29N3O. The number of anilines is 1. The number of likely N-dealkylation sites (tertiary alicyclic amines) is 1. The van der Waals surface area contributed by atoms with Crippen molar-refractivity contribution in [3.8, 4) is 0 Å². The first-order chi connectivity index (χ1) is 10.5. The number of hydrogen-bond donors (Lipinski definition) is 2. The van der Waals surface area contributed by atoms with Crippen LogP contribution in [0.5, 0.6) is 0 Å². The minimum atomic E-state index is 0.0499. The number of nitrogens with zero attached hydrogens (tertiary/aromatic N) is 1. The van der Waals surface area contributed by atoms with E-state index in [9.17, 15) is 4.79 Å². The largest absolute Gasteiger partial charge is 0.329 e. The van der Waals surface area contributed by atoms with E-state index in [0.29, 0.717) is 31.0 Å². The molecule has 1 aromatic carbocycles. The smallest absolute Gasteiger partial charge is 0.238 e. The SMILES string of the molecule is CC1CCN(CC(=O)Nc2cccc(C(C)C)c2)C(CN)C1. The fraction of sp³-hybridized carbons (Fsp3) is 0.611. The molecule has 1 aliphatic rings. The lowest BCUT2D eigenvalue weighted by Crippen LogP contribution is -2.49. The van der Waals surface area contributed by atoms with Gasteiger partial charge in [0.05, 0.1) is 6.54 Å². The molecule has 1 saturated heterocycles. The maximum atomic E-state index is 12.3. The predicted molar refractivity (Wildman–Crippen MR) is 92.0 cm³/mol. The number of benzene rings is 1. The van der Waals surface area contributed by atoms with Crippen LogP contribution in [-0.4, -0.2) is 36.5 Å². The molecule has 0 saturated carbocycles. The molecule has 1 fully saturated rings. The maximum absolute atomic E-state index is 12.3. The van der Waals surface area contributed by atoms with Gasteiger partial charge in [0.1, 0.15) is 0 Å². The van der Waals surface area contributed by atoms with Crippen LogP contribution in [0.15, 0.2) is 24.3 Å². The zero-order valence-electron chi connectivity index (χ0n) is 14.0. The number of amides is 1. The van der Waals surface area contributed by atoms with Gasteiger partial charge in [-0.2, -0.15) is 0 Å². The van der Waals surface area contributed by atoms with Crippen molar-refractivity contribution in [2.24, 2.45) is 11.7 Å². The number of nitrogens with one attached hydrogen (secondary N) is 1. The van der Waals surface area contributed by atoms with Crippen molar-refractivity contribution in [3.63, 3.8) is 0 Å². The Morgan fingerprint density at radius 1 is 1.45 bits per heavy atom. The Hall–Kier alpha value is -1.39. The van der Waals surface area contributed by atoms with Crippen molar-refractivity contribution in [3.05, 3.63) is 29.8 Å². The maximum Gasteiger partial charge on any atom is 0.238 e. The normalized spacial score (nSPS) is 22.8. The third-order valence-corrected chi connectivity index (χ3v) is 4.56. The van der Waals surface area contributed by atoms with Gasteiger partial charge in [0.25, 0.3) is 0 Å². The molecule has 0 radical (unpaired) electrons. The molecule has 3 N–H and O–H groups in total. The van der Waals surface area contributed by atoms with E-state index < -0.39 is 0 Å². The van der Waals surface area contributed by atoms with Gasteiger partial charge in [-0.25, -0.2) is 0 Å². The van der Waals surface area contributed by atoms with Gasteiger partial charge in [-0.15, -0.1) is 0 Å². The minimum absolute atomic E-state index is 0.0499. The molecule has 1 aliphatic heterocycles. The third kappa shape index (κ3) is 4.55. The summed E-state index contributed by atoms with van der Waals surface area (Å²) in [5, 5.41) is 3.02. The van der Waals surface area contributed by atoms with Crippen molar-refractivity contribution < 1.29 is 4.79 Å². The molecule has 1 amide bonds. The van der Waals surface area contributed by atoms with Gasteiger partial charge in [-0.1, -0.05) is 32.9 Å².